The van der Waals surface area contributed by atoms with Gasteiger partial charge < -0.3 is 0 Å². The minimum absolute atomic E-state index is 0.233. The molecule has 0 aliphatic carbocycles. The van der Waals surface area contributed by atoms with Crippen LogP contribution in [-0.2, 0) is 24.9 Å². The Kier molecular flexibility index (Phi) is 4.71. The summed E-state index contributed by atoms with van der Waals surface area (Å²) in [4.78, 5) is 0. The lowest BCUT2D eigenvalue weighted by Gasteiger charge is -2.30. The first-order valence-corrected chi connectivity index (χ1v) is 8.12. The van der Waals surface area contributed by atoms with Crippen LogP contribution in [0.25, 0.3) is 0 Å². The van der Waals surface area contributed by atoms with E-state index in [0.717, 1.165) is 0 Å². The third-order valence-electron chi connectivity index (χ3n) is 2.49. The molecule has 20 heavy (non-hydrogen) atoms. The van der Waals surface area contributed by atoms with Gasteiger partial charge >= 0.3 is 31.0 Å². The maximum absolute atomic E-state index is 13.3. The molecule has 1 aliphatic heterocycles. The van der Waals surface area contributed by atoms with Crippen LogP contribution in [0.15, 0.2) is 0 Å². The van der Waals surface area contributed by atoms with Gasteiger partial charge in [-0.1, -0.05) is 6.42 Å². The molecule has 0 bridgehead atoms. The summed E-state index contributed by atoms with van der Waals surface area (Å²) in [5.41, 5.74) is -11.2. The average Bonchev–Trinajstić information content (AvgIpc) is 2.27. The lowest BCUT2D eigenvalue weighted by molar-refractivity contribution is -0.299. The minimum Gasteiger partial charge on any atom is -0.279 e. The van der Waals surface area contributed by atoms with Gasteiger partial charge in [-0.3, -0.25) is 4.55 Å². The van der Waals surface area contributed by atoms with Crippen LogP contribution in [0.1, 0.15) is 19.3 Å². The molecule has 1 saturated heterocycles. The second kappa shape index (κ2) is 5.36. The highest BCUT2D eigenvalue weighted by Gasteiger charge is 2.61. The topological polar surface area (TPSA) is 101 Å². The number of halogens is 4. The second-order valence-corrected chi connectivity index (χ2v) is 7.34. The predicted octanol–water partition coefficient (Wildman–Crippen LogP) is 0.807. The van der Waals surface area contributed by atoms with Gasteiger partial charge in [-0.2, -0.15) is 30.3 Å². The molecule has 1 heterocycles. The molecular weight excluding hydrogens is 334 g/mol. The maximum atomic E-state index is 13.3. The first kappa shape index (κ1) is 17.6. The van der Waals surface area contributed by atoms with Crippen molar-refractivity contribution in [3.05, 3.63) is 0 Å². The van der Waals surface area contributed by atoms with Crippen LogP contribution in [0.4, 0.5) is 17.6 Å². The van der Waals surface area contributed by atoms with Gasteiger partial charge in [0.2, 0.25) is 0 Å². The molecule has 0 saturated carbocycles. The second-order valence-electron chi connectivity index (χ2n) is 3.97. The number of nitrogens with zero attached hydrogens (tertiary/aromatic N) is 1. The SMILES string of the molecule is O=S(=O)(O)C(F)(F)OC(F)(F)S(=O)(=O)N1CCCCC1. The lowest BCUT2D eigenvalue weighted by Crippen LogP contribution is -2.50. The van der Waals surface area contributed by atoms with E-state index in [0.29, 0.717) is 6.42 Å². The van der Waals surface area contributed by atoms with E-state index in [9.17, 15) is 34.4 Å². The zero-order valence-electron chi connectivity index (χ0n) is 9.80. The van der Waals surface area contributed by atoms with E-state index < -0.39 is 31.0 Å². The highest BCUT2D eigenvalue weighted by atomic mass is 32.2. The van der Waals surface area contributed by atoms with Crippen LogP contribution in [0.2, 0.25) is 0 Å². The van der Waals surface area contributed by atoms with E-state index in [4.69, 9.17) is 4.55 Å². The Morgan fingerprint density at radius 3 is 1.75 bits per heavy atom. The van der Waals surface area contributed by atoms with Crippen LogP contribution in [-0.4, -0.2) is 49.7 Å². The van der Waals surface area contributed by atoms with Crippen molar-refractivity contribution in [2.75, 3.05) is 13.1 Å². The Bertz CT molecular complexity index is 554. The summed E-state index contributed by atoms with van der Waals surface area (Å²) in [6.45, 7) is -0.641. The van der Waals surface area contributed by atoms with Gasteiger partial charge in [0.1, 0.15) is 0 Å². The zero-order valence-corrected chi connectivity index (χ0v) is 11.4. The Hall–Kier alpha value is -0.500. The number of sulfonamides is 1. The summed E-state index contributed by atoms with van der Waals surface area (Å²) in [7, 11) is -12.0. The molecule has 1 rings (SSSR count). The molecule has 0 aromatic carbocycles. The third kappa shape index (κ3) is 3.39. The molecule has 13 heteroatoms. The molecule has 0 amide bonds. The number of ether oxygens (including phenoxy) is 1. The monoisotopic (exact) mass is 345 g/mol. The molecule has 1 aliphatic rings. The van der Waals surface area contributed by atoms with Gasteiger partial charge in [0, 0.05) is 13.1 Å². The molecular formula is C7H11F4NO6S2. The standard InChI is InChI=1S/C7H11F4NO6S2/c8-6(9,18-7(10,11)20(15,16)17)19(13,14)12-4-2-1-3-5-12/h1-5H2,(H,15,16,17). The van der Waals surface area contributed by atoms with Gasteiger partial charge in [0.05, 0.1) is 0 Å². The summed E-state index contributed by atoms with van der Waals surface area (Å²) in [5, 5.41) is 0. The first-order valence-electron chi connectivity index (χ1n) is 5.24. The van der Waals surface area contributed by atoms with E-state index in [-0.39, 0.29) is 30.2 Å². The van der Waals surface area contributed by atoms with Crippen molar-refractivity contribution in [3.8, 4) is 0 Å². The molecule has 0 radical (unpaired) electrons. The smallest absolute Gasteiger partial charge is 0.279 e. The van der Waals surface area contributed by atoms with E-state index in [2.05, 4.69) is 4.74 Å². The quantitative estimate of drug-likeness (QED) is 0.584. The number of piperidine rings is 1. The fourth-order valence-corrected chi connectivity index (χ4v) is 3.01. The molecule has 1 N–H and O–H groups in total. The Morgan fingerprint density at radius 1 is 0.900 bits per heavy atom. The number of rotatable bonds is 5. The summed E-state index contributed by atoms with van der Waals surface area (Å²) in [5.74, 6) is 0. The molecule has 0 unspecified atom stereocenters. The predicted molar refractivity (Wildman–Crippen MR) is 56.9 cm³/mol. The van der Waals surface area contributed by atoms with Gasteiger partial charge in [0.15, 0.2) is 0 Å². The van der Waals surface area contributed by atoms with Crippen molar-refractivity contribution in [2.45, 2.75) is 30.1 Å². The highest BCUT2D eigenvalue weighted by Crippen LogP contribution is 2.36. The minimum atomic E-state index is -6.35. The van der Waals surface area contributed by atoms with Crippen LogP contribution >= 0.6 is 0 Å². The Labute approximate surface area is 112 Å². The highest BCUT2D eigenvalue weighted by molar-refractivity contribution is 7.90. The molecule has 0 spiro atoms. The van der Waals surface area contributed by atoms with E-state index >= 15 is 0 Å². The van der Waals surface area contributed by atoms with Crippen LogP contribution in [0.3, 0.4) is 0 Å². The van der Waals surface area contributed by atoms with Crippen molar-refractivity contribution in [2.24, 2.45) is 0 Å². The third-order valence-corrected chi connectivity index (χ3v) is 4.91. The van der Waals surface area contributed by atoms with Crippen LogP contribution < -0.4 is 0 Å². The average molecular weight is 345 g/mol. The Morgan fingerprint density at radius 2 is 1.35 bits per heavy atom. The normalized spacial score (nSPS) is 20.1. The number of hydrogen-bond acceptors (Lipinski definition) is 5. The van der Waals surface area contributed by atoms with Gasteiger partial charge in [-0.15, -0.1) is 0 Å². The van der Waals surface area contributed by atoms with Crippen LogP contribution in [0.5, 0.6) is 0 Å². The van der Waals surface area contributed by atoms with Gasteiger partial charge in [0.25, 0.3) is 0 Å². The van der Waals surface area contributed by atoms with Crippen molar-refractivity contribution in [1.82, 2.24) is 4.31 Å². The summed E-state index contributed by atoms with van der Waals surface area (Å²) in [6.07, 6.45) is 1.09. The molecule has 0 aromatic heterocycles. The summed E-state index contributed by atoms with van der Waals surface area (Å²) >= 11 is 0. The van der Waals surface area contributed by atoms with Crippen molar-refractivity contribution < 1.29 is 43.7 Å². The molecule has 120 valence electrons. The first-order chi connectivity index (χ1) is 8.81. The van der Waals surface area contributed by atoms with E-state index in [1.165, 1.54) is 0 Å². The Balaban J connectivity index is 3.03. The van der Waals surface area contributed by atoms with E-state index in [1.807, 2.05) is 0 Å². The molecule has 0 atom stereocenters. The molecule has 0 aromatic rings. The summed E-state index contributed by atoms with van der Waals surface area (Å²) in [6, 6.07) is 0. The number of alkyl halides is 4. The van der Waals surface area contributed by atoms with Gasteiger partial charge in [-0.25, -0.2) is 13.2 Å². The number of hydrogen-bond donors (Lipinski definition) is 1. The maximum Gasteiger partial charge on any atom is 0.493 e. The largest absolute Gasteiger partial charge is 0.493 e. The molecule has 7 nitrogen and oxygen atoms in total. The van der Waals surface area contributed by atoms with Gasteiger partial charge in [-0.05, 0) is 12.8 Å². The summed E-state index contributed by atoms with van der Waals surface area (Å²) < 4.78 is 106. The van der Waals surface area contributed by atoms with Crippen molar-refractivity contribution >= 4 is 20.1 Å². The molecule has 1 fully saturated rings. The van der Waals surface area contributed by atoms with Crippen LogP contribution in [0, 0.1) is 0 Å². The zero-order chi connectivity index (χ0) is 15.8. The van der Waals surface area contributed by atoms with Crippen molar-refractivity contribution in [3.63, 3.8) is 0 Å². The van der Waals surface area contributed by atoms with E-state index in [1.54, 1.807) is 0 Å². The fraction of sp³-hybridized carbons (Fsp3) is 1.00. The fourth-order valence-electron chi connectivity index (χ4n) is 1.50. The lowest BCUT2D eigenvalue weighted by atomic mass is 10.2. The van der Waals surface area contributed by atoms with Crippen molar-refractivity contribution in [1.29, 1.82) is 0 Å².